The molecular formula is C31H44FN3O6S. The third kappa shape index (κ3) is 8.81. The summed E-state index contributed by atoms with van der Waals surface area (Å²) in [4.78, 5) is 21.5. The van der Waals surface area contributed by atoms with Crippen molar-refractivity contribution in [2.45, 2.75) is 97.1 Å². The Balaban J connectivity index is 2.05. The van der Waals surface area contributed by atoms with E-state index in [2.05, 4.69) is 16.9 Å². The van der Waals surface area contributed by atoms with Gasteiger partial charge in [0.2, 0.25) is 16.0 Å². The van der Waals surface area contributed by atoms with Crippen molar-refractivity contribution in [3.8, 4) is 11.3 Å². The Kier molecular flexibility index (Phi) is 11.2. The van der Waals surface area contributed by atoms with Gasteiger partial charge in [-0.2, -0.15) is 0 Å². The number of hydrogen-bond acceptors (Lipinski definition) is 7. The zero-order valence-corrected chi connectivity index (χ0v) is 26.4. The van der Waals surface area contributed by atoms with E-state index < -0.39 is 45.7 Å². The molecule has 232 valence electrons. The van der Waals surface area contributed by atoms with Crippen LogP contribution in [0.25, 0.3) is 17.3 Å². The Bertz CT molecular complexity index is 1360. The van der Waals surface area contributed by atoms with E-state index in [9.17, 15) is 22.7 Å². The van der Waals surface area contributed by atoms with Crippen molar-refractivity contribution < 1.29 is 32.2 Å². The molecule has 1 saturated heterocycles. The lowest BCUT2D eigenvalue weighted by Gasteiger charge is -2.42. The summed E-state index contributed by atoms with van der Waals surface area (Å²) in [5.74, 6) is -3.05. The van der Waals surface area contributed by atoms with Crippen LogP contribution in [-0.2, 0) is 24.3 Å². The van der Waals surface area contributed by atoms with E-state index >= 15 is 0 Å². The molecule has 2 heterocycles. The fraction of sp³-hybridized carbons (Fsp3) is 0.581. The maximum atomic E-state index is 13.8. The molecule has 1 aliphatic heterocycles. The van der Waals surface area contributed by atoms with Crippen LogP contribution in [-0.4, -0.2) is 60.8 Å². The number of unbranched alkanes of at least 4 members (excludes halogenated alkanes) is 3. The number of rotatable bonds is 13. The molecule has 1 unspecified atom stereocenters. The van der Waals surface area contributed by atoms with Crippen molar-refractivity contribution >= 4 is 28.0 Å². The van der Waals surface area contributed by atoms with Crippen molar-refractivity contribution in [3.05, 3.63) is 47.4 Å². The summed E-state index contributed by atoms with van der Waals surface area (Å²) >= 11 is 0. The minimum atomic E-state index is -3.64. The quantitative estimate of drug-likeness (QED) is 0.261. The first-order valence-corrected chi connectivity index (χ1v) is 16.4. The standard InChI is InChI=1S/C31H44FN3O6S/c1-8-9-10-11-12-24(29(36)37)26-19-23(40-31(4,5)41-26)17-18-25-27(20(2)3)33-30(35(6)42(7,38)39)34-28(25)21-13-15-22(32)16-14-21/h13-18,20,23-24,26H,8-12,19H2,1-7H3,(H,36,37)/b18-17+/t23-,24?,26-/m1/s1. The number of anilines is 1. The van der Waals surface area contributed by atoms with Gasteiger partial charge in [-0.25, -0.2) is 27.1 Å². The van der Waals surface area contributed by atoms with Crippen LogP contribution >= 0.6 is 0 Å². The van der Waals surface area contributed by atoms with Crippen LogP contribution < -0.4 is 4.31 Å². The number of nitrogens with zero attached hydrogens (tertiary/aromatic N) is 3. The minimum Gasteiger partial charge on any atom is -0.481 e. The molecule has 1 fully saturated rings. The molecule has 0 spiro atoms. The van der Waals surface area contributed by atoms with Gasteiger partial charge in [-0.05, 0) is 50.5 Å². The van der Waals surface area contributed by atoms with Crippen molar-refractivity contribution in [1.29, 1.82) is 0 Å². The first-order valence-electron chi connectivity index (χ1n) is 14.5. The SMILES string of the molecule is CCCCCCC(C(=O)O)[C@H]1C[C@@H](/C=C/c2c(-c3ccc(F)cc3)nc(N(C)S(C)(=O)=O)nc2C(C)C)OC(C)(C)O1. The normalized spacial score (nSPS) is 19.7. The highest BCUT2D eigenvalue weighted by Crippen LogP contribution is 2.35. The van der Waals surface area contributed by atoms with Crippen molar-refractivity contribution in [1.82, 2.24) is 9.97 Å². The van der Waals surface area contributed by atoms with Gasteiger partial charge in [0, 0.05) is 24.6 Å². The number of aliphatic carboxylic acids is 1. The van der Waals surface area contributed by atoms with Gasteiger partial charge < -0.3 is 14.6 Å². The van der Waals surface area contributed by atoms with Crippen LogP contribution in [0.15, 0.2) is 30.3 Å². The molecule has 0 aliphatic carbocycles. The summed E-state index contributed by atoms with van der Waals surface area (Å²) < 4.78 is 51.8. The third-order valence-corrected chi connectivity index (χ3v) is 8.51. The number of aromatic nitrogens is 2. The highest BCUT2D eigenvalue weighted by molar-refractivity contribution is 7.92. The second-order valence-electron chi connectivity index (χ2n) is 11.7. The monoisotopic (exact) mass is 605 g/mol. The van der Waals surface area contributed by atoms with E-state index in [4.69, 9.17) is 9.47 Å². The number of hydrogen-bond donors (Lipinski definition) is 1. The molecule has 0 saturated carbocycles. The van der Waals surface area contributed by atoms with E-state index in [0.717, 1.165) is 36.2 Å². The first kappa shape index (κ1) is 33.6. The minimum absolute atomic E-state index is 0.00793. The number of carbonyl (C=O) groups is 1. The Morgan fingerprint density at radius 2 is 1.83 bits per heavy atom. The molecule has 0 radical (unpaired) electrons. The average Bonchev–Trinajstić information content (AvgIpc) is 2.89. The second-order valence-corrected chi connectivity index (χ2v) is 13.7. The summed E-state index contributed by atoms with van der Waals surface area (Å²) in [6, 6.07) is 5.81. The number of carboxylic acid groups (broad SMARTS) is 1. The molecule has 42 heavy (non-hydrogen) atoms. The molecule has 1 aromatic heterocycles. The molecule has 3 atom stereocenters. The summed E-state index contributed by atoms with van der Waals surface area (Å²) in [5.41, 5.74) is 2.28. The topological polar surface area (TPSA) is 119 Å². The van der Waals surface area contributed by atoms with Crippen LogP contribution in [0.1, 0.15) is 90.3 Å². The number of benzene rings is 1. The molecule has 2 aromatic rings. The average molecular weight is 606 g/mol. The molecular weight excluding hydrogens is 561 g/mol. The lowest BCUT2D eigenvalue weighted by molar-refractivity contribution is -0.298. The van der Waals surface area contributed by atoms with Gasteiger partial charge in [-0.1, -0.05) is 58.6 Å². The molecule has 0 bridgehead atoms. The van der Waals surface area contributed by atoms with Gasteiger partial charge in [0.15, 0.2) is 5.79 Å². The van der Waals surface area contributed by atoms with E-state index in [0.29, 0.717) is 35.4 Å². The van der Waals surface area contributed by atoms with Crippen LogP contribution in [0, 0.1) is 11.7 Å². The fourth-order valence-corrected chi connectivity index (χ4v) is 5.48. The number of ether oxygens (including phenoxy) is 2. The maximum absolute atomic E-state index is 13.8. The largest absolute Gasteiger partial charge is 0.481 e. The maximum Gasteiger partial charge on any atom is 0.309 e. The van der Waals surface area contributed by atoms with Crippen LogP contribution in [0.4, 0.5) is 10.3 Å². The van der Waals surface area contributed by atoms with Gasteiger partial charge in [0.1, 0.15) is 5.82 Å². The number of carboxylic acids is 1. The Morgan fingerprint density at radius 3 is 2.40 bits per heavy atom. The van der Waals surface area contributed by atoms with E-state index in [1.165, 1.54) is 19.2 Å². The second kappa shape index (κ2) is 14.1. The van der Waals surface area contributed by atoms with Crippen LogP contribution in [0.5, 0.6) is 0 Å². The van der Waals surface area contributed by atoms with Crippen LogP contribution in [0.3, 0.4) is 0 Å². The molecule has 1 aromatic carbocycles. The molecule has 9 nitrogen and oxygen atoms in total. The van der Waals surface area contributed by atoms with Gasteiger partial charge in [0.25, 0.3) is 0 Å². The van der Waals surface area contributed by atoms with Gasteiger partial charge >= 0.3 is 5.97 Å². The molecule has 1 N–H and O–H groups in total. The van der Waals surface area contributed by atoms with Crippen molar-refractivity contribution in [3.63, 3.8) is 0 Å². The highest BCUT2D eigenvalue weighted by atomic mass is 32.2. The summed E-state index contributed by atoms with van der Waals surface area (Å²) in [6.07, 6.45) is 8.56. The first-order chi connectivity index (χ1) is 19.6. The molecule has 0 amide bonds. The van der Waals surface area contributed by atoms with Gasteiger partial charge in [-0.15, -0.1) is 0 Å². The highest BCUT2D eigenvalue weighted by Gasteiger charge is 2.40. The predicted molar refractivity (Wildman–Crippen MR) is 162 cm³/mol. The Morgan fingerprint density at radius 1 is 1.17 bits per heavy atom. The number of halogens is 1. The lowest BCUT2D eigenvalue weighted by atomic mass is 9.90. The summed E-state index contributed by atoms with van der Waals surface area (Å²) in [5, 5.41) is 10.0. The molecule has 1 aliphatic rings. The lowest BCUT2D eigenvalue weighted by Crippen LogP contribution is -2.48. The zero-order valence-electron chi connectivity index (χ0n) is 25.6. The third-order valence-electron chi connectivity index (χ3n) is 7.35. The van der Waals surface area contributed by atoms with Crippen molar-refractivity contribution in [2.75, 3.05) is 17.6 Å². The zero-order chi connectivity index (χ0) is 31.2. The van der Waals surface area contributed by atoms with Gasteiger partial charge in [0.05, 0.1) is 35.8 Å². The smallest absolute Gasteiger partial charge is 0.309 e. The summed E-state index contributed by atoms with van der Waals surface area (Å²) in [6.45, 7) is 9.55. The van der Waals surface area contributed by atoms with Crippen molar-refractivity contribution in [2.24, 2.45) is 5.92 Å². The van der Waals surface area contributed by atoms with E-state index in [1.807, 2.05) is 26.0 Å². The Labute approximate surface area is 249 Å². The van der Waals surface area contributed by atoms with E-state index in [1.54, 1.807) is 26.0 Å². The fourth-order valence-electron chi connectivity index (χ4n) is 5.11. The molecule has 3 rings (SSSR count). The summed E-state index contributed by atoms with van der Waals surface area (Å²) in [7, 11) is -2.26. The van der Waals surface area contributed by atoms with E-state index in [-0.39, 0.29) is 11.9 Å². The number of sulfonamides is 1. The van der Waals surface area contributed by atoms with Gasteiger partial charge in [-0.3, -0.25) is 4.79 Å². The molecule has 11 heteroatoms. The predicted octanol–water partition coefficient (Wildman–Crippen LogP) is 6.40. The Hall–Kier alpha value is -2.89. The van der Waals surface area contributed by atoms with Crippen LogP contribution in [0.2, 0.25) is 0 Å².